The molecule has 0 fully saturated rings. The quantitative estimate of drug-likeness (QED) is 0.148. The van der Waals surface area contributed by atoms with Gasteiger partial charge in [-0.1, -0.05) is 25.8 Å². The number of esters is 1. The first-order chi connectivity index (χ1) is 13.2. The molecule has 0 saturated carbocycles. The highest BCUT2D eigenvalue weighted by Crippen LogP contribution is 2.27. The summed E-state index contributed by atoms with van der Waals surface area (Å²) in [6.07, 6.45) is 4.33. The second-order valence-electron chi connectivity index (χ2n) is 7.34. The Bertz CT molecular complexity index is 652. The number of aliphatic carboxylic acids is 1. The molecule has 8 nitrogen and oxygen atoms in total. The van der Waals surface area contributed by atoms with Crippen LogP contribution in [-0.2, 0) is 20.7 Å². The molecular weight excluding hydrogens is 364 g/mol. The predicted molar refractivity (Wildman–Crippen MR) is 105 cm³/mol. The van der Waals surface area contributed by atoms with Crippen molar-refractivity contribution in [2.75, 3.05) is 6.61 Å². The maximum atomic E-state index is 12.5. The highest BCUT2D eigenvalue weighted by Gasteiger charge is 2.34. The van der Waals surface area contributed by atoms with E-state index in [2.05, 4.69) is 12.3 Å². The fraction of sp³-hybridized carbons (Fsp3) is 0.600. The van der Waals surface area contributed by atoms with Crippen molar-refractivity contribution >= 4 is 11.9 Å². The molecule has 1 aromatic carbocycles. The standard InChI is InChI=1S/C20H32N2O6/c1-3-5-14(6-4-7-18(25)26)10-11-28-19(27)20(2,22-21)13-15-8-9-16(23)17(24)12-15/h8-9,12,14,22-24H,3-7,10-11,13,21H2,1-2H3,(H,25,26). The Morgan fingerprint density at radius 3 is 2.50 bits per heavy atom. The Hall–Kier alpha value is -2.32. The van der Waals surface area contributed by atoms with Crippen molar-refractivity contribution in [3.63, 3.8) is 0 Å². The number of carboxylic acid groups (broad SMARTS) is 1. The normalized spacial score (nSPS) is 14.2. The lowest BCUT2D eigenvalue weighted by Crippen LogP contribution is -2.55. The number of carbonyl (C=O) groups excluding carboxylic acids is 1. The summed E-state index contributed by atoms with van der Waals surface area (Å²) in [5, 5.41) is 27.8. The molecular formula is C20H32N2O6. The largest absolute Gasteiger partial charge is 0.504 e. The molecule has 0 saturated heterocycles. The van der Waals surface area contributed by atoms with Gasteiger partial charge in [0.2, 0.25) is 0 Å². The first-order valence-corrected chi connectivity index (χ1v) is 9.59. The molecule has 28 heavy (non-hydrogen) atoms. The number of nitrogens with two attached hydrogens (primary N) is 1. The summed E-state index contributed by atoms with van der Waals surface area (Å²) in [5.74, 6) is 4.07. The average molecular weight is 396 g/mol. The van der Waals surface area contributed by atoms with Crippen molar-refractivity contribution in [1.82, 2.24) is 5.43 Å². The number of hydrogen-bond donors (Lipinski definition) is 5. The smallest absolute Gasteiger partial charge is 0.327 e. The molecule has 0 aliphatic heterocycles. The van der Waals surface area contributed by atoms with Crippen molar-refractivity contribution in [1.29, 1.82) is 0 Å². The van der Waals surface area contributed by atoms with E-state index in [0.29, 0.717) is 24.3 Å². The van der Waals surface area contributed by atoms with E-state index in [1.54, 1.807) is 13.0 Å². The highest BCUT2D eigenvalue weighted by molar-refractivity contribution is 5.80. The number of benzene rings is 1. The minimum absolute atomic E-state index is 0.147. The molecule has 6 N–H and O–H groups in total. The lowest BCUT2D eigenvalue weighted by Gasteiger charge is -2.27. The van der Waals surface area contributed by atoms with Crippen molar-refractivity contribution in [3.8, 4) is 11.5 Å². The minimum Gasteiger partial charge on any atom is -0.504 e. The topological polar surface area (TPSA) is 142 Å². The molecule has 1 rings (SSSR count). The van der Waals surface area contributed by atoms with Crippen LogP contribution in [0.15, 0.2) is 18.2 Å². The Labute approximate surface area is 165 Å². The first-order valence-electron chi connectivity index (χ1n) is 9.59. The summed E-state index contributed by atoms with van der Waals surface area (Å²) in [7, 11) is 0. The zero-order valence-electron chi connectivity index (χ0n) is 16.6. The summed E-state index contributed by atoms with van der Waals surface area (Å²) in [4.78, 5) is 23.2. The van der Waals surface area contributed by atoms with Gasteiger partial charge in [-0.15, -0.1) is 0 Å². The second-order valence-corrected chi connectivity index (χ2v) is 7.34. The summed E-state index contributed by atoms with van der Waals surface area (Å²) < 4.78 is 5.42. The summed E-state index contributed by atoms with van der Waals surface area (Å²) >= 11 is 0. The maximum Gasteiger partial charge on any atom is 0.327 e. The van der Waals surface area contributed by atoms with Gasteiger partial charge < -0.3 is 20.1 Å². The number of ether oxygens (including phenoxy) is 1. The number of rotatable bonds is 13. The molecule has 0 aromatic heterocycles. The van der Waals surface area contributed by atoms with Crippen molar-refractivity contribution < 1.29 is 29.6 Å². The lowest BCUT2D eigenvalue weighted by molar-refractivity contribution is -0.151. The van der Waals surface area contributed by atoms with E-state index in [1.165, 1.54) is 12.1 Å². The Kier molecular flexibility index (Phi) is 9.75. The third-order valence-corrected chi connectivity index (χ3v) is 4.83. The molecule has 0 aliphatic carbocycles. The number of hydrogen-bond acceptors (Lipinski definition) is 7. The molecule has 2 atom stereocenters. The molecule has 2 unspecified atom stereocenters. The van der Waals surface area contributed by atoms with E-state index in [0.717, 1.165) is 19.3 Å². The Morgan fingerprint density at radius 2 is 1.93 bits per heavy atom. The first kappa shape index (κ1) is 23.7. The van der Waals surface area contributed by atoms with Crippen molar-refractivity contribution in [2.45, 2.75) is 64.3 Å². The number of carboxylic acids is 1. The molecule has 0 aliphatic rings. The summed E-state index contributed by atoms with van der Waals surface area (Å²) in [6.45, 7) is 3.91. The van der Waals surface area contributed by atoms with Gasteiger partial charge in [0.1, 0.15) is 5.54 Å². The van der Waals surface area contributed by atoms with Gasteiger partial charge in [-0.25, -0.2) is 10.2 Å². The van der Waals surface area contributed by atoms with Gasteiger partial charge in [0.05, 0.1) is 6.61 Å². The fourth-order valence-corrected chi connectivity index (χ4v) is 3.13. The van der Waals surface area contributed by atoms with Crippen LogP contribution in [0.25, 0.3) is 0 Å². The maximum absolute atomic E-state index is 12.5. The minimum atomic E-state index is -1.19. The number of phenols is 2. The zero-order valence-corrected chi connectivity index (χ0v) is 16.6. The third kappa shape index (κ3) is 7.74. The van der Waals surface area contributed by atoms with Crippen LogP contribution in [0, 0.1) is 5.92 Å². The van der Waals surface area contributed by atoms with E-state index in [1.807, 2.05) is 0 Å². The molecule has 0 amide bonds. The van der Waals surface area contributed by atoms with E-state index in [-0.39, 0.29) is 30.9 Å². The van der Waals surface area contributed by atoms with E-state index >= 15 is 0 Å². The van der Waals surface area contributed by atoms with Gasteiger partial charge in [0.15, 0.2) is 11.5 Å². The van der Waals surface area contributed by atoms with E-state index < -0.39 is 17.5 Å². The molecule has 0 radical (unpaired) electrons. The van der Waals surface area contributed by atoms with E-state index in [9.17, 15) is 19.8 Å². The van der Waals surface area contributed by atoms with Gasteiger partial charge in [0, 0.05) is 12.8 Å². The average Bonchev–Trinajstić information content (AvgIpc) is 2.64. The number of nitrogens with one attached hydrogen (secondary N) is 1. The van der Waals surface area contributed by atoms with Crippen LogP contribution >= 0.6 is 0 Å². The summed E-state index contributed by atoms with van der Waals surface area (Å²) in [6, 6.07) is 4.31. The fourth-order valence-electron chi connectivity index (χ4n) is 3.13. The molecule has 0 spiro atoms. The summed E-state index contributed by atoms with van der Waals surface area (Å²) in [5.41, 5.74) is 1.92. The molecule has 8 heteroatoms. The third-order valence-electron chi connectivity index (χ3n) is 4.83. The van der Waals surface area contributed by atoms with Gasteiger partial charge in [-0.3, -0.25) is 10.6 Å². The zero-order chi connectivity index (χ0) is 21.2. The number of phenolic OH excluding ortho intramolecular Hbond substituents is 2. The number of aromatic hydroxyl groups is 2. The highest BCUT2D eigenvalue weighted by atomic mass is 16.5. The van der Waals surface area contributed by atoms with Crippen LogP contribution in [-0.4, -0.2) is 39.4 Å². The van der Waals surface area contributed by atoms with Crippen LogP contribution in [0.1, 0.15) is 57.9 Å². The molecule has 158 valence electrons. The Morgan fingerprint density at radius 1 is 1.21 bits per heavy atom. The van der Waals surface area contributed by atoms with Crippen LogP contribution in [0.2, 0.25) is 0 Å². The SMILES string of the molecule is CCCC(CCCC(=O)O)CCOC(=O)C(C)(Cc1ccc(O)c(O)c1)NN. The van der Waals surface area contributed by atoms with Gasteiger partial charge >= 0.3 is 11.9 Å². The monoisotopic (exact) mass is 396 g/mol. The predicted octanol–water partition coefficient (Wildman–Crippen LogP) is 2.47. The lowest BCUT2D eigenvalue weighted by atomic mass is 9.92. The van der Waals surface area contributed by atoms with Crippen LogP contribution in [0.4, 0.5) is 0 Å². The van der Waals surface area contributed by atoms with Gasteiger partial charge in [-0.05, 0) is 49.8 Å². The Balaban J connectivity index is 2.58. The second kappa shape index (κ2) is 11.5. The number of carbonyl (C=O) groups is 2. The van der Waals surface area contributed by atoms with Gasteiger partial charge in [0.25, 0.3) is 0 Å². The van der Waals surface area contributed by atoms with Crippen LogP contribution < -0.4 is 11.3 Å². The van der Waals surface area contributed by atoms with Crippen molar-refractivity contribution in [2.24, 2.45) is 11.8 Å². The molecule has 1 aromatic rings. The van der Waals surface area contributed by atoms with Crippen LogP contribution in [0.3, 0.4) is 0 Å². The number of hydrazine groups is 1. The van der Waals surface area contributed by atoms with Gasteiger partial charge in [-0.2, -0.15) is 0 Å². The van der Waals surface area contributed by atoms with E-state index in [4.69, 9.17) is 15.7 Å². The van der Waals surface area contributed by atoms with Crippen LogP contribution in [0.5, 0.6) is 11.5 Å². The molecule has 0 bridgehead atoms. The van der Waals surface area contributed by atoms with Crippen molar-refractivity contribution in [3.05, 3.63) is 23.8 Å². The molecule has 0 heterocycles.